The molecular formula is C20H22N4O4. The van der Waals surface area contributed by atoms with Gasteiger partial charge in [0.05, 0.1) is 5.69 Å². The van der Waals surface area contributed by atoms with Gasteiger partial charge in [-0.25, -0.2) is 14.3 Å². The van der Waals surface area contributed by atoms with Crippen LogP contribution in [0.5, 0.6) is 5.75 Å². The van der Waals surface area contributed by atoms with Crippen LogP contribution in [-0.4, -0.2) is 44.7 Å². The lowest BCUT2D eigenvalue weighted by Gasteiger charge is -2.07. The van der Waals surface area contributed by atoms with Crippen LogP contribution in [0.1, 0.15) is 33.0 Å². The van der Waals surface area contributed by atoms with E-state index in [4.69, 9.17) is 9.84 Å². The maximum atomic E-state index is 12.7. The molecule has 3 rings (SSSR count). The quantitative estimate of drug-likeness (QED) is 0.648. The van der Waals surface area contributed by atoms with Gasteiger partial charge in [-0.2, -0.15) is 5.10 Å². The molecule has 2 heterocycles. The van der Waals surface area contributed by atoms with Gasteiger partial charge in [-0.05, 0) is 51.0 Å². The highest BCUT2D eigenvalue weighted by atomic mass is 16.5. The minimum Gasteiger partial charge on any atom is -0.482 e. The maximum absolute atomic E-state index is 12.7. The Kier molecular flexibility index (Phi) is 5.58. The third-order valence-electron chi connectivity index (χ3n) is 4.28. The molecule has 8 heteroatoms. The zero-order chi connectivity index (χ0) is 20.3. The van der Waals surface area contributed by atoms with E-state index < -0.39 is 5.97 Å². The van der Waals surface area contributed by atoms with Gasteiger partial charge in [0.1, 0.15) is 11.3 Å². The molecule has 0 fully saturated rings. The second kappa shape index (κ2) is 8.08. The van der Waals surface area contributed by atoms with Crippen LogP contribution in [0.4, 0.5) is 0 Å². The van der Waals surface area contributed by atoms with Gasteiger partial charge < -0.3 is 15.2 Å². The second-order valence-electron chi connectivity index (χ2n) is 6.57. The summed E-state index contributed by atoms with van der Waals surface area (Å²) in [5.41, 5.74) is 4.46. The fourth-order valence-corrected chi connectivity index (χ4v) is 3.00. The molecule has 0 saturated heterocycles. The molecule has 0 aliphatic carbocycles. The van der Waals surface area contributed by atoms with E-state index in [1.165, 1.54) is 0 Å². The molecule has 2 N–H and O–H groups in total. The molecule has 0 aliphatic heterocycles. The number of rotatable bonds is 7. The highest BCUT2D eigenvalue weighted by Gasteiger charge is 2.19. The molecule has 8 nitrogen and oxygen atoms in total. The van der Waals surface area contributed by atoms with Crippen molar-refractivity contribution >= 4 is 17.5 Å². The smallest absolute Gasteiger partial charge is 0.341 e. The number of fused-ring (bicyclic) bond motifs is 1. The molecule has 0 aliphatic rings. The number of carbonyl (C=O) groups is 2. The van der Waals surface area contributed by atoms with Crippen molar-refractivity contribution in [1.29, 1.82) is 0 Å². The van der Waals surface area contributed by atoms with Gasteiger partial charge in [0.25, 0.3) is 5.91 Å². The highest BCUT2D eigenvalue weighted by Crippen LogP contribution is 2.16. The Labute approximate surface area is 162 Å². The average Bonchev–Trinajstić information content (AvgIpc) is 2.97. The number of nitrogens with one attached hydrogen (secondary N) is 1. The lowest BCUT2D eigenvalue weighted by atomic mass is 10.1. The van der Waals surface area contributed by atoms with Gasteiger partial charge in [-0.15, -0.1) is 0 Å². The molecule has 0 bridgehead atoms. The largest absolute Gasteiger partial charge is 0.482 e. The summed E-state index contributed by atoms with van der Waals surface area (Å²) in [5, 5.41) is 16.0. The monoisotopic (exact) mass is 382 g/mol. The van der Waals surface area contributed by atoms with Crippen molar-refractivity contribution in [3.05, 3.63) is 58.5 Å². The zero-order valence-electron chi connectivity index (χ0n) is 16.0. The van der Waals surface area contributed by atoms with Crippen molar-refractivity contribution in [2.24, 2.45) is 0 Å². The molecule has 0 radical (unpaired) electrons. The second-order valence-corrected chi connectivity index (χ2v) is 6.57. The first-order valence-electron chi connectivity index (χ1n) is 8.90. The van der Waals surface area contributed by atoms with Gasteiger partial charge in [0, 0.05) is 17.9 Å². The molecule has 0 saturated carbocycles. The van der Waals surface area contributed by atoms with E-state index in [0.29, 0.717) is 35.6 Å². The minimum absolute atomic E-state index is 0.202. The Balaban J connectivity index is 1.63. The van der Waals surface area contributed by atoms with E-state index in [9.17, 15) is 9.59 Å². The third-order valence-corrected chi connectivity index (χ3v) is 4.28. The number of hydrogen-bond donors (Lipinski definition) is 2. The van der Waals surface area contributed by atoms with E-state index in [1.54, 1.807) is 23.6 Å². The Morgan fingerprint density at radius 2 is 1.89 bits per heavy atom. The molecule has 0 spiro atoms. The molecule has 146 valence electrons. The van der Waals surface area contributed by atoms with Crippen LogP contribution in [0.2, 0.25) is 0 Å². The molecule has 1 amide bonds. The Bertz CT molecular complexity index is 1020. The number of hydrogen-bond acceptors (Lipinski definition) is 5. The van der Waals surface area contributed by atoms with Crippen LogP contribution in [0, 0.1) is 20.8 Å². The maximum Gasteiger partial charge on any atom is 0.341 e. The number of carboxylic acid groups (broad SMARTS) is 1. The molecule has 0 atom stereocenters. The van der Waals surface area contributed by atoms with Crippen LogP contribution in [0.3, 0.4) is 0 Å². The van der Waals surface area contributed by atoms with Crippen molar-refractivity contribution in [1.82, 2.24) is 19.9 Å². The molecule has 28 heavy (non-hydrogen) atoms. The van der Waals surface area contributed by atoms with Crippen LogP contribution < -0.4 is 10.1 Å². The van der Waals surface area contributed by atoms with E-state index in [0.717, 1.165) is 17.0 Å². The summed E-state index contributed by atoms with van der Waals surface area (Å²) in [6.45, 7) is 5.70. The number of carbonyl (C=O) groups excluding carboxylic acids is 1. The highest BCUT2D eigenvalue weighted by molar-refractivity contribution is 6.01. The first-order chi connectivity index (χ1) is 13.3. The molecule has 1 aromatic carbocycles. The Morgan fingerprint density at radius 1 is 1.18 bits per heavy atom. The zero-order valence-corrected chi connectivity index (χ0v) is 16.0. The van der Waals surface area contributed by atoms with Crippen molar-refractivity contribution in [3.8, 4) is 5.75 Å². The van der Waals surface area contributed by atoms with E-state index in [2.05, 4.69) is 15.4 Å². The van der Waals surface area contributed by atoms with Crippen molar-refractivity contribution in [2.75, 3.05) is 13.2 Å². The Hall–Kier alpha value is -3.42. The van der Waals surface area contributed by atoms with Crippen LogP contribution >= 0.6 is 0 Å². The summed E-state index contributed by atoms with van der Waals surface area (Å²) in [5.74, 6) is -0.727. The van der Waals surface area contributed by atoms with Crippen LogP contribution in [-0.2, 0) is 11.2 Å². The summed E-state index contributed by atoms with van der Waals surface area (Å²) in [6, 6.07) is 9.04. The summed E-state index contributed by atoms with van der Waals surface area (Å²) >= 11 is 0. The normalized spacial score (nSPS) is 10.8. The van der Waals surface area contributed by atoms with E-state index in [-0.39, 0.29) is 12.5 Å². The van der Waals surface area contributed by atoms with Gasteiger partial charge in [-0.3, -0.25) is 4.79 Å². The minimum atomic E-state index is -1.02. The van der Waals surface area contributed by atoms with Gasteiger partial charge in [-0.1, -0.05) is 12.1 Å². The predicted octanol–water partition coefficient (Wildman–Crippen LogP) is 2.09. The number of aliphatic carboxylic acids is 1. The fraction of sp³-hybridized carbons (Fsp3) is 0.300. The molecular weight excluding hydrogens is 360 g/mol. The van der Waals surface area contributed by atoms with E-state index >= 15 is 0 Å². The number of ether oxygens (including phenoxy) is 1. The predicted molar refractivity (Wildman–Crippen MR) is 103 cm³/mol. The molecule has 3 aromatic rings. The van der Waals surface area contributed by atoms with Crippen LogP contribution in [0.25, 0.3) is 5.65 Å². The SMILES string of the molecule is Cc1cc(C)n2nc(C)c(C(=O)NCCc3ccc(OCC(=O)O)cc3)c2n1. The number of amides is 1. The van der Waals surface area contributed by atoms with Crippen LogP contribution in [0.15, 0.2) is 30.3 Å². The lowest BCUT2D eigenvalue weighted by Crippen LogP contribution is -2.26. The molecule has 0 unspecified atom stereocenters. The summed E-state index contributed by atoms with van der Waals surface area (Å²) in [6.07, 6.45) is 0.634. The van der Waals surface area contributed by atoms with Crippen molar-refractivity contribution < 1.29 is 19.4 Å². The number of aryl methyl sites for hydroxylation is 3. The average molecular weight is 382 g/mol. The van der Waals surface area contributed by atoms with Gasteiger partial charge >= 0.3 is 5.97 Å². The summed E-state index contributed by atoms with van der Waals surface area (Å²) in [4.78, 5) is 27.7. The first kappa shape index (κ1) is 19.3. The fourth-order valence-electron chi connectivity index (χ4n) is 3.00. The topological polar surface area (TPSA) is 106 Å². The number of aromatic nitrogens is 3. The first-order valence-corrected chi connectivity index (χ1v) is 8.90. The lowest BCUT2D eigenvalue weighted by molar-refractivity contribution is -0.139. The van der Waals surface area contributed by atoms with E-state index in [1.807, 2.05) is 32.0 Å². The standard InChI is InChI=1S/C20H22N4O4/c1-12-10-13(2)24-19(22-12)18(14(3)23-24)20(27)21-9-8-15-4-6-16(7-5-15)28-11-17(25)26/h4-7,10H,8-9,11H2,1-3H3,(H,21,27)(H,25,26). The Morgan fingerprint density at radius 3 is 2.57 bits per heavy atom. The number of carboxylic acids is 1. The van der Waals surface area contributed by atoms with Crippen molar-refractivity contribution in [3.63, 3.8) is 0 Å². The summed E-state index contributed by atoms with van der Waals surface area (Å²) in [7, 11) is 0. The number of benzene rings is 1. The van der Waals surface area contributed by atoms with Gasteiger partial charge in [0.2, 0.25) is 0 Å². The van der Waals surface area contributed by atoms with Gasteiger partial charge in [0.15, 0.2) is 12.3 Å². The molecule has 2 aromatic heterocycles. The summed E-state index contributed by atoms with van der Waals surface area (Å²) < 4.78 is 6.79. The third kappa shape index (κ3) is 4.28. The number of nitrogens with zero attached hydrogens (tertiary/aromatic N) is 3. The van der Waals surface area contributed by atoms with Crippen molar-refractivity contribution in [2.45, 2.75) is 27.2 Å².